The van der Waals surface area contributed by atoms with Crippen molar-refractivity contribution in [3.63, 3.8) is 0 Å². The van der Waals surface area contributed by atoms with Crippen molar-refractivity contribution in [2.75, 3.05) is 32.7 Å². The lowest BCUT2D eigenvalue weighted by atomic mass is 10.2. The van der Waals surface area contributed by atoms with Gasteiger partial charge in [-0.05, 0) is 24.6 Å². The van der Waals surface area contributed by atoms with Gasteiger partial charge in [-0.15, -0.1) is 0 Å². The Morgan fingerprint density at radius 2 is 2.10 bits per heavy atom. The van der Waals surface area contributed by atoms with E-state index in [0.717, 1.165) is 27.1 Å². The van der Waals surface area contributed by atoms with Gasteiger partial charge in [0.05, 0.1) is 13.5 Å². The van der Waals surface area contributed by atoms with E-state index in [0.29, 0.717) is 43.0 Å². The van der Waals surface area contributed by atoms with E-state index in [2.05, 4.69) is 25.0 Å². The van der Waals surface area contributed by atoms with Crippen LogP contribution in [0, 0.1) is 6.92 Å². The normalized spacial score (nSPS) is 12.5. The van der Waals surface area contributed by atoms with E-state index in [1.165, 1.54) is 25.2 Å². The number of hydrogen-bond acceptors (Lipinski definition) is 10. The van der Waals surface area contributed by atoms with E-state index in [9.17, 15) is 4.79 Å². The number of rotatable bonds is 8. The third-order valence-electron chi connectivity index (χ3n) is 4.64. The highest BCUT2D eigenvalue weighted by Crippen LogP contribution is 2.40. The predicted octanol–water partition coefficient (Wildman–Crippen LogP) is 1.75. The molecule has 0 aliphatic carbocycles. The summed E-state index contributed by atoms with van der Waals surface area (Å²) in [5.74, 6) is 1.55. The number of imidazole rings is 1. The number of carbonyl (C=O) groups excluding carboxylic acids is 1. The first kappa shape index (κ1) is 20.2. The van der Waals surface area contributed by atoms with Crippen LogP contribution in [0.3, 0.4) is 0 Å². The van der Waals surface area contributed by atoms with Gasteiger partial charge >= 0.3 is 5.97 Å². The molecule has 0 atom stereocenters. The number of hydrogen-bond donors (Lipinski definition) is 2. The molecule has 0 radical (unpaired) electrons. The predicted molar refractivity (Wildman–Crippen MR) is 111 cm³/mol. The van der Waals surface area contributed by atoms with E-state index in [4.69, 9.17) is 15.2 Å². The van der Waals surface area contributed by atoms with E-state index in [-0.39, 0.29) is 12.8 Å². The van der Waals surface area contributed by atoms with Crippen molar-refractivity contribution >= 4 is 34.7 Å². The molecule has 0 bridgehead atoms. The molecule has 4 rings (SSSR count). The monoisotopic (exact) mass is 430 g/mol. The fourth-order valence-corrected chi connectivity index (χ4v) is 4.06. The Morgan fingerprint density at radius 1 is 1.30 bits per heavy atom. The van der Waals surface area contributed by atoms with E-state index in [1.54, 1.807) is 0 Å². The van der Waals surface area contributed by atoms with Crippen LogP contribution in [0.4, 0.5) is 5.82 Å². The highest BCUT2D eigenvalue weighted by molar-refractivity contribution is 7.99. The first-order valence-electron chi connectivity index (χ1n) is 9.39. The number of aryl methyl sites for hydroxylation is 1. The van der Waals surface area contributed by atoms with Gasteiger partial charge in [0.1, 0.15) is 6.33 Å². The fourth-order valence-electron chi connectivity index (χ4n) is 3.06. The Bertz CT molecular complexity index is 1090. The number of ether oxygens (including phenoxy) is 3. The quantitative estimate of drug-likeness (QED) is 0.403. The number of methoxy groups -OCH3 is 1. The molecule has 1 aromatic carbocycles. The van der Waals surface area contributed by atoms with Crippen LogP contribution in [0.15, 0.2) is 28.5 Å². The van der Waals surface area contributed by atoms with Gasteiger partial charge < -0.3 is 29.8 Å². The molecule has 0 fully saturated rings. The zero-order valence-corrected chi connectivity index (χ0v) is 17.5. The van der Waals surface area contributed by atoms with Crippen molar-refractivity contribution in [2.45, 2.75) is 29.9 Å². The Hall–Kier alpha value is -3.05. The minimum atomic E-state index is -0.245. The number of nitrogen functional groups attached to an aromatic ring is 1. The molecule has 3 N–H and O–H groups in total. The summed E-state index contributed by atoms with van der Waals surface area (Å²) in [5.41, 5.74) is 8.30. The van der Waals surface area contributed by atoms with Gasteiger partial charge in [0.25, 0.3) is 0 Å². The third-order valence-corrected chi connectivity index (χ3v) is 5.80. The molecule has 0 saturated carbocycles. The largest absolute Gasteiger partial charge is 0.469 e. The average molecular weight is 430 g/mol. The van der Waals surface area contributed by atoms with Gasteiger partial charge in [0.2, 0.25) is 6.79 Å². The molecule has 2 aromatic heterocycles. The lowest BCUT2D eigenvalue weighted by molar-refractivity contribution is -0.140. The number of fused-ring (bicyclic) bond motifs is 2. The molecule has 1 aliphatic rings. The molecule has 0 spiro atoms. The SMILES string of the molecule is COC(=O)CCNCCn1c(Sc2cc3c(cc2C)OCO3)nc2c(N)ncnc21. The van der Waals surface area contributed by atoms with Gasteiger partial charge in [-0.2, -0.15) is 0 Å². The number of esters is 1. The van der Waals surface area contributed by atoms with Crippen LogP contribution in [0.5, 0.6) is 11.5 Å². The smallest absolute Gasteiger partial charge is 0.306 e. The lowest BCUT2D eigenvalue weighted by Gasteiger charge is -2.11. The molecule has 0 unspecified atom stereocenters. The molecular weight excluding hydrogens is 408 g/mol. The number of aromatic nitrogens is 4. The first-order valence-corrected chi connectivity index (χ1v) is 10.2. The van der Waals surface area contributed by atoms with Gasteiger partial charge in [-0.3, -0.25) is 4.79 Å². The van der Waals surface area contributed by atoms with Gasteiger partial charge in [0.15, 0.2) is 33.6 Å². The summed E-state index contributed by atoms with van der Waals surface area (Å²) in [5, 5.41) is 3.98. The third kappa shape index (κ3) is 4.12. The maximum Gasteiger partial charge on any atom is 0.306 e. The summed E-state index contributed by atoms with van der Waals surface area (Å²) in [6, 6.07) is 3.91. The standard InChI is InChI=1S/C19H22N6O4S/c1-11-7-12-13(29-10-28-12)8-14(11)30-19-24-16-17(20)22-9-23-18(16)25(19)6-5-21-4-3-15(26)27-2/h7-9,21H,3-6,10H2,1-2H3,(H2,20,22,23). The Labute approximate surface area is 177 Å². The van der Waals surface area contributed by atoms with E-state index >= 15 is 0 Å². The molecule has 10 nitrogen and oxygen atoms in total. The van der Waals surface area contributed by atoms with Gasteiger partial charge in [-0.25, -0.2) is 15.0 Å². The number of nitrogens with zero attached hydrogens (tertiary/aromatic N) is 4. The van der Waals surface area contributed by atoms with Crippen LogP contribution < -0.4 is 20.5 Å². The minimum Gasteiger partial charge on any atom is -0.469 e. The minimum absolute atomic E-state index is 0.227. The summed E-state index contributed by atoms with van der Waals surface area (Å²) in [4.78, 5) is 25.4. The molecular formula is C19H22N6O4S. The Balaban J connectivity index is 1.57. The van der Waals surface area contributed by atoms with E-state index < -0.39 is 0 Å². The maximum atomic E-state index is 11.3. The van der Waals surface area contributed by atoms with Crippen molar-refractivity contribution in [3.05, 3.63) is 24.0 Å². The fraction of sp³-hybridized carbons (Fsp3) is 0.368. The van der Waals surface area contributed by atoms with Crippen LogP contribution in [-0.2, 0) is 16.1 Å². The van der Waals surface area contributed by atoms with Crippen molar-refractivity contribution in [1.29, 1.82) is 0 Å². The molecule has 1 aliphatic heterocycles. The van der Waals surface area contributed by atoms with Crippen LogP contribution in [0.2, 0.25) is 0 Å². The molecule has 3 heterocycles. The molecule has 0 saturated heterocycles. The second-order valence-corrected chi connectivity index (χ2v) is 7.64. The average Bonchev–Trinajstić information content (AvgIpc) is 3.33. The molecule has 3 aromatic rings. The molecule has 11 heteroatoms. The maximum absolute atomic E-state index is 11.3. The summed E-state index contributed by atoms with van der Waals surface area (Å²) in [6.45, 7) is 3.99. The van der Waals surface area contributed by atoms with Crippen LogP contribution in [-0.4, -0.2) is 52.5 Å². The van der Waals surface area contributed by atoms with Gasteiger partial charge in [0, 0.05) is 24.5 Å². The highest BCUT2D eigenvalue weighted by Gasteiger charge is 2.20. The first-order chi connectivity index (χ1) is 14.6. The summed E-state index contributed by atoms with van der Waals surface area (Å²) in [6.07, 6.45) is 1.75. The number of carbonyl (C=O) groups is 1. The molecule has 30 heavy (non-hydrogen) atoms. The van der Waals surface area contributed by atoms with Crippen LogP contribution >= 0.6 is 11.8 Å². The van der Waals surface area contributed by atoms with Gasteiger partial charge in [-0.1, -0.05) is 11.8 Å². The van der Waals surface area contributed by atoms with Crippen molar-refractivity contribution in [1.82, 2.24) is 24.8 Å². The highest BCUT2D eigenvalue weighted by atomic mass is 32.2. The second-order valence-electron chi connectivity index (χ2n) is 6.63. The Kier molecular flexibility index (Phi) is 5.91. The number of benzene rings is 1. The summed E-state index contributed by atoms with van der Waals surface area (Å²) < 4.78 is 17.6. The molecule has 158 valence electrons. The Morgan fingerprint density at radius 3 is 2.90 bits per heavy atom. The number of nitrogens with two attached hydrogens (primary N) is 1. The topological polar surface area (TPSA) is 126 Å². The van der Waals surface area contributed by atoms with Crippen molar-refractivity contribution in [3.8, 4) is 11.5 Å². The van der Waals surface area contributed by atoms with E-state index in [1.807, 2.05) is 23.6 Å². The summed E-state index contributed by atoms with van der Waals surface area (Å²) in [7, 11) is 1.38. The zero-order chi connectivity index (χ0) is 21.1. The number of nitrogens with one attached hydrogen (secondary N) is 1. The van der Waals surface area contributed by atoms with Crippen molar-refractivity contribution < 1.29 is 19.0 Å². The van der Waals surface area contributed by atoms with Crippen LogP contribution in [0.1, 0.15) is 12.0 Å². The van der Waals surface area contributed by atoms with Crippen molar-refractivity contribution in [2.24, 2.45) is 0 Å². The summed E-state index contributed by atoms with van der Waals surface area (Å²) >= 11 is 1.50. The number of anilines is 1. The second kappa shape index (κ2) is 8.76. The zero-order valence-electron chi connectivity index (χ0n) is 16.7. The molecule has 0 amide bonds. The lowest BCUT2D eigenvalue weighted by Crippen LogP contribution is -2.23. The van der Waals surface area contributed by atoms with Crippen LogP contribution in [0.25, 0.3) is 11.2 Å².